The molecule has 0 aliphatic rings. The lowest BCUT2D eigenvalue weighted by Gasteiger charge is -2.05. The summed E-state index contributed by atoms with van der Waals surface area (Å²) in [5.74, 6) is 6.43. The number of fused-ring (bicyclic) bond motifs is 1. The number of thiophene rings is 2. The standard InChI is InChI=1S/C11H10N4OS2/c12-15-10-9-6(7-2-1-3-17-7)5-18-11(9)14-8(4-16)13-10/h1-3,5,16H,4,12H2,(H,13,14,15). The van der Waals surface area contributed by atoms with Crippen molar-refractivity contribution in [2.45, 2.75) is 6.61 Å². The summed E-state index contributed by atoms with van der Waals surface area (Å²) in [6, 6.07) is 4.05. The number of nitrogens with zero attached hydrogens (tertiary/aromatic N) is 2. The fraction of sp³-hybridized carbons (Fsp3) is 0.0909. The second-order valence-electron chi connectivity index (χ2n) is 3.60. The van der Waals surface area contributed by atoms with Crippen molar-refractivity contribution in [1.29, 1.82) is 0 Å². The van der Waals surface area contributed by atoms with Crippen molar-refractivity contribution in [3.8, 4) is 10.4 Å². The van der Waals surface area contributed by atoms with E-state index in [2.05, 4.69) is 15.4 Å². The third kappa shape index (κ3) is 1.77. The Morgan fingerprint density at radius 2 is 2.22 bits per heavy atom. The summed E-state index contributed by atoms with van der Waals surface area (Å²) in [6.07, 6.45) is 0. The second kappa shape index (κ2) is 4.62. The molecule has 0 amide bonds. The van der Waals surface area contributed by atoms with Crippen LogP contribution < -0.4 is 11.3 Å². The van der Waals surface area contributed by atoms with Crippen molar-refractivity contribution in [2.75, 3.05) is 5.43 Å². The summed E-state index contributed by atoms with van der Waals surface area (Å²) in [6.45, 7) is -0.198. The molecule has 0 atom stereocenters. The molecule has 18 heavy (non-hydrogen) atoms. The average Bonchev–Trinajstić information content (AvgIpc) is 3.05. The molecule has 0 aliphatic heterocycles. The highest BCUT2D eigenvalue weighted by Gasteiger charge is 2.14. The first-order valence-corrected chi connectivity index (χ1v) is 6.99. The van der Waals surface area contributed by atoms with Crippen LogP contribution in [0.4, 0.5) is 5.82 Å². The fourth-order valence-corrected chi connectivity index (χ4v) is 3.55. The molecule has 5 nitrogen and oxygen atoms in total. The molecular formula is C11H10N4OS2. The number of nitrogens with two attached hydrogens (primary N) is 1. The number of hydrogen-bond donors (Lipinski definition) is 3. The zero-order valence-corrected chi connectivity index (χ0v) is 10.9. The smallest absolute Gasteiger partial charge is 0.157 e. The van der Waals surface area contributed by atoms with Gasteiger partial charge in [0.2, 0.25) is 0 Å². The van der Waals surface area contributed by atoms with Gasteiger partial charge < -0.3 is 10.5 Å². The van der Waals surface area contributed by atoms with Gasteiger partial charge in [-0.25, -0.2) is 15.8 Å². The largest absolute Gasteiger partial charge is 0.388 e. The molecule has 3 aromatic rings. The number of aliphatic hydroxyl groups excluding tert-OH is 1. The van der Waals surface area contributed by atoms with Crippen LogP contribution in [-0.2, 0) is 6.61 Å². The third-order valence-corrected chi connectivity index (χ3v) is 4.32. The van der Waals surface area contributed by atoms with Crippen molar-refractivity contribution in [1.82, 2.24) is 9.97 Å². The third-order valence-electron chi connectivity index (χ3n) is 2.54. The summed E-state index contributed by atoms with van der Waals surface area (Å²) >= 11 is 3.18. The molecule has 3 aromatic heterocycles. The number of aliphatic hydroxyl groups is 1. The first kappa shape index (κ1) is 11.5. The lowest BCUT2D eigenvalue weighted by Crippen LogP contribution is -2.11. The van der Waals surface area contributed by atoms with Gasteiger partial charge in [0, 0.05) is 15.8 Å². The molecule has 7 heteroatoms. The maximum atomic E-state index is 9.12. The highest BCUT2D eigenvalue weighted by molar-refractivity contribution is 7.18. The van der Waals surface area contributed by atoms with Gasteiger partial charge >= 0.3 is 0 Å². The molecular weight excluding hydrogens is 268 g/mol. The maximum absolute atomic E-state index is 9.12. The van der Waals surface area contributed by atoms with Crippen LogP contribution in [0, 0.1) is 0 Å². The second-order valence-corrected chi connectivity index (χ2v) is 5.40. The summed E-state index contributed by atoms with van der Waals surface area (Å²) in [7, 11) is 0. The summed E-state index contributed by atoms with van der Waals surface area (Å²) < 4.78 is 0. The molecule has 0 fully saturated rings. The molecule has 0 aromatic carbocycles. The van der Waals surface area contributed by atoms with Crippen molar-refractivity contribution in [3.05, 3.63) is 28.7 Å². The Hall–Kier alpha value is -1.54. The van der Waals surface area contributed by atoms with E-state index in [-0.39, 0.29) is 6.61 Å². The van der Waals surface area contributed by atoms with Crippen LogP contribution in [-0.4, -0.2) is 15.1 Å². The first-order chi connectivity index (χ1) is 8.83. The predicted octanol–water partition coefficient (Wildman–Crippen LogP) is 2.20. The summed E-state index contributed by atoms with van der Waals surface area (Å²) in [5.41, 5.74) is 3.65. The first-order valence-electron chi connectivity index (χ1n) is 5.23. The van der Waals surface area contributed by atoms with Gasteiger partial charge in [-0.05, 0) is 11.4 Å². The highest BCUT2D eigenvalue weighted by atomic mass is 32.1. The minimum absolute atomic E-state index is 0.198. The Bertz CT molecular complexity index is 678. The lowest BCUT2D eigenvalue weighted by atomic mass is 10.2. The van der Waals surface area contributed by atoms with E-state index in [1.54, 1.807) is 11.3 Å². The Kier molecular flexibility index (Phi) is 2.96. The van der Waals surface area contributed by atoms with E-state index in [1.807, 2.05) is 22.9 Å². The van der Waals surface area contributed by atoms with E-state index in [1.165, 1.54) is 11.3 Å². The van der Waals surface area contributed by atoms with Crippen LogP contribution in [0.3, 0.4) is 0 Å². The Morgan fingerprint density at radius 1 is 1.33 bits per heavy atom. The molecule has 0 unspecified atom stereocenters. The topological polar surface area (TPSA) is 84.1 Å². The quantitative estimate of drug-likeness (QED) is 0.505. The van der Waals surface area contributed by atoms with E-state index in [9.17, 15) is 0 Å². The molecule has 0 saturated carbocycles. The zero-order chi connectivity index (χ0) is 12.5. The molecule has 0 radical (unpaired) electrons. The molecule has 0 spiro atoms. The van der Waals surface area contributed by atoms with Crippen molar-refractivity contribution in [3.63, 3.8) is 0 Å². The number of aromatic nitrogens is 2. The van der Waals surface area contributed by atoms with E-state index >= 15 is 0 Å². The molecule has 92 valence electrons. The monoisotopic (exact) mass is 278 g/mol. The van der Waals surface area contributed by atoms with Crippen LogP contribution in [0.5, 0.6) is 0 Å². The van der Waals surface area contributed by atoms with Crippen LogP contribution in [0.2, 0.25) is 0 Å². The molecule has 0 saturated heterocycles. The van der Waals surface area contributed by atoms with Gasteiger partial charge in [-0.1, -0.05) is 6.07 Å². The molecule has 4 N–H and O–H groups in total. The summed E-state index contributed by atoms with van der Waals surface area (Å²) in [4.78, 5) is 10.5. The predicted molar refractivity (Wildman–Crippen MR) is 74.5 cm³/mol. The van der Waals surface area contributed by atoms with Crippen LogP contribution >= 0.6 is 22.7 Å². The molecule has 3 rings (SSSR count). The molecule has 0 bridgehead atoms. The number of nitrogens with one attached hydrogen (secondary N) is 1. The number of nitrogen functional groups attached to an aromatic ring is 1. The highest BCUT2D eigenvalue weighted by Crippen LogP contribution is 2.38. The fourth-order valence-electron chi connectivity index (χ4n) is 1.77. The normalized spacial score (nSPS) is 11.0. The molecule has 0 aliphatic carbocycles. The number of anilines is 1. The molecule has 3 heterocycles. The van der Waals surface area contributed by atoms with Gasteiger partial charge in [0.15, 0.2) is 11.6 Å². The number of rotatable bonds is 3. The maximum Gasteiger partial charge on any atom is 0.157 e. The minimum atomic E-state index is -0.198. The van der Waals surface area contributed by atoms with Gasteiger partial charge in [-0.3, -0.25) is 0 Å². The number of hydrazine groups is 1. The van der Waals surface area contributed by atoms with Gasteiger partial charge in [0.25, 0.3) is 0 Å². The Labute approximate surface area is 111 Å². The Morgan fingerprint density at radius 3 is 2.89 bits per heavy atom. The zero-order valence-electron chi connectivity index (χ0n) is 9.25. The van der Waals surface area contributed by atoms with Crippen molar-refractivity contribution >= 4 is 38.7 Å². The van der Waals surface area contributed by atoms with Crippen molar-refractivity contribution < 1.29 is 5.11 Å². The average molecular weight is 278 g/mol. The SMILES string of the molecule is NNc1nc(CO)nc2scc(-c3cccs3)c12. The minimum Gasteiger partial charge on any atom is -0.388 e. The van der Waals surface area contributed by atoms with Gasteiger partial charge in [0.1, 0.15) is 11.4 Å². The van der Waals surface area contributed by atoms with E-state index < -0.39 is 0 Å². The summed E-state index contributed by atoms with van der Waals surface area (Å²) in [5, 5.41) is 14.1. The van der Waals surface area contributed by atoms with Crippen LogP contribution in [0.25, 0.3) is 20.7 Å². The van der Waals surface area contributed by atoms with Crippen LogP contribution in [0.1, 0.15) is 5.82 Å². The van der Waals surface area contributed by atoms with Gasteiger partial charge in [0.05, 0.1) is 5.39 Å². The Balaban J connectivity index is 2.30. The van der Waals surface area contributed by atoms with E-state index in [0.717, 1.165) is 20.7 Å². The van der Waals surface area contributed by atoms with E-state index in [0.29, 0.717) is 11.6 Å². The van der Waals surface area contributed by atoms with Crippen molar-refractivity contribution in [2.24, 2.45) is 5.84 Å². The lowest BCUT2D eigenvalue weighted by molar-refractivity contribution is 0.272. The van der Waals surface area contributed by atoms with Gasteiger partial charge in [-0.2, -0.15) is 0 Å². The van der Waals surface area contributed by atoms with E-state index in [4.69, 9.17) is 10.9 Å². The van der Waals surface area contributed by atoms with Crippen LogP contribution in [0.15, 0.2) is 22.9 Å². The number of hydrogen-bond acceptors (Lipinski definition) is 7. The van der Waals surface area contributed by atoms with Gasteiger partial charge in [-0.15, -0.1) is 22.7 Å².